The average molecular weight is 315 g/mol. The van der Waals surface area contributed by atoms with Gasteiger partial charge in [0, 0.05) is 17.5 Å². The van der Waals surface area contributed by atoms with Gasteiger partial charge in [-0.25, -0.2) is 9.59 Å². The van der Waals surface area contributed by atoms with Crippen LogP contribution in [-0.2, 0) is 9.53 Å². The van der Waals surface area contributed by atoms with Gasteiger partial charge in [-0.05, 0) is 36.6 Å². The second kappa shape index (κ2) is 6.44. The van der Waals surface area contributed by atoms with E-state index in [0.29, 0.717) is 12.2 Å². The average Bonchev–Trinajstić information content (AvgIpc) is 3.03. The number of carboxylic acids is 1. The van der Waals surface area contributed by atoms with Crippen molar-refractivity contribution in [3.8, 4) is 0 Å². The summed E-state index contributed by atoms with van der Waals surface area (Å²) in [7, 11) is 0. The first-order valence-corrected chi connectivity index (χ1v) is 8.09. The molecule has 0 radical (unpaired) electrons. The molecule has 0 spiro atoms. The maximum Gasteiger partial charge on any atom is 0.338 e. The summed E-state index contributed by atoms with van der Waals surface area (Å²) in [5, 5.41) is 12.5. The zero-order valence-corrected chi connectivity index (χ0v) is 13.1. The van der Waals surface area contributed by atoms with E-state index in [1.165, 1.54) is 0 Å². The van der Waals surface area contributed by atoms with Crippen molar-refractivity contribution >= 4 is 17.6 Å². The van der Waals surface area contributed by atoms with Crippen LogP contribution < -0.4 is 5.32 Å². The quantitative estimate of drug-likeness (QED) is 0.496. The highest BCUT2D eigenvalue weighted by Gasteiger charge is 2.40. The zero-order valence-electron chi connectivity index (χ0n) is 13.1. The van der Waals surface area contributed by atoms with Crippen molar-refractivity contribution in [2.24, 2.45) is 5.92 Å². The van der Waals surface area contributed by atoms with Gasteiger partial charge in [0.05, 0.1) is 12.2 Å². The number of carboxylic acid groups (broad SMARTS) is 1. The fraction of sp³-hybridized carbons (Fsp3) is 0.444. The zero-order chi connectivity index (χ0) is 16.4. The highest BCUT2D eigenvalue weighted by molar-refractivity contribution is 5.91. The molecule has 2 aliphatic rings. The monoisotopic (exact) mass is 315 g/mol. The number of hydrogen-bond acceptors (Lipinski definition) is 4. The van der Waals surface area contributed by atoms with Gasteiger partial charge in [-0.3, -0.25) is 0 Å². The lowest BCUT2D eigenvalue weighted by molar-refractivity contribution is -0.139. The number of allylic oxidation sites excluding steroid dienone is 2. The van der Waals surface area contributed by atoms with E-state index in [-0.39, 0.29) is 17.8 Å². The molecule has 0 saturated heterocycles. The molecule has 5 heteroatoms. The predicted molar refractivity (Wildman–Crippen MR) is 86.7 cm³/mol. The summed E-state index contributed by atoms with van der Waals surface area (Å²) in [6, 6.07) is 4.72. The molecule has 5 nitrogen and oxygen atoms in total. The number of anilines is 1. The molecule has 1 aliphatic carbocycles. The number of hydrogen-bond donors (Lipinski definition) is 2. The van der Waals surface area contributed by atoms with Crippen LogP contribution in [0.25, 0.3) is 0 Å². The number of ether oxygens (including phenoxy) is 1. The van der Waals surface area contributed by atoms with Gasteiger partial charge < -0.3 is 15.2 Å². The van der Waals surface area contributed by atoms with Gasteiger partial charge in [-0.1, -0.05) is 25.5 Å². The molecule has 0 fully saturated rings. The Labute approximate surface area is 135 Å². The van der Waals surface area contributed by atoms with Crippen LogP contribution in [0.3, 0.4) is 0 Å². The van der Waals surface area contributed by atoms with Crippen LogP contribution in [0, 0.1) is 5.92 Å². The molecule has 0 amide bonds. The van der Waals surface area contributed by atoms with Gasteiger partial charge in [0.1, 0.15) is 6.04 Å². The Morgan fingerprint density at radius 3 is 2.96 bits per heavy atom. The fourth-order valence-electron chi connectivity index (χ4n) is 3.36. The van der Waals surface area contributed by atoms with Crippen molar-refractivity contribution in [3.63, 3.8) is 0 Å². The molecule has 3 atom stereocenters. The molecule has 122 valence electrons. The lowest BCUT2D eigenvalue weighted by atomic mass is 9.79. The molecule has 23 heavy (non-hydrogen) atoms. The first-order valence-electron chi connectivity index (χ1n) is 8.09. The third kappa shape index (κ3) is 2.96. The molecule has 1 aromatic rings. The van der Waals surface area contributed by atoms with Gasteiger partial charge >= 0.3 is 11.9 Å². The van der Waals surface area contributed by atoms with E-state index in [9.17, 15) is 14.7 Å². The second-order valence-electron chi connectivity index (χ2n) is 6.11. The van der Waals surface area contributed by atoms with Crippen molar-refractivity contribution in [1.82, 2.24) is 0 Å². The van der Waals surface area contributed by atoms with Crippen LogP contribution in [0.5, 0.6) is 0 Å². The smallest absolute Gasteiger partial charge is 0.338 e. The molecule has 0 bridgehead atoms. The third-order valence-electron chi connectivity index (χ3n) is 4.60. The molecule has 1 heterocycles. The summed E-state index contributed by atoms with van der Waals surface area (Å²) in [5.74, 6) is -1.13. The summed E-state index contributed by atoms with van der Waals surface area (Å²) in [6.07, 6.45) is 6.64. The molecular formula is C18H21NO4. The summed E-state index contributed by atoms with van der Waals surface area (Å²) in [4.78, 5) is 23.6. The highest BCUT2D eigenvalue weighted by atomic mass is 16.5. The topological polar surface area (TPSA) is 75.6 Å². The number of benzene rings is 1. The van der Waals surface area contributed by atoms with E-state index < -0.39 is 12.0 Å². The van der Waals surface area contributed by atoms with Gasteiger partial charge in [-0.2, -0.15) is 0 Å². The van der Waals surface area contributed by atoms with Gasteiger partial charge in [-0.15, -0.1) is 0 Å². The standard InChI is InChI=1S/C18H21NO4/c1-2-3-9-23-18(22)11-7-8-15-14(10-11)12-5-4-6-13(12)16(19-15)17(20)21/h4-5,7-8,10,12-13,16,19H,2-3,6,9H2,1H3,(H,20,21)/t12-,13-,16-/m1/s1. The molecule has 2 N–H and O–H groups in total. The molecule has 1 aliphatic heterocycles. The van der Waals surface area contributed by atoms with Crippen molar-refractivity contribution in [3.05, 3.63) is 41.5 Å². The van der Waals surface area contributed by atoms with Crippen molar-refractivity contribution in [2.45, 2.75) is 38.1 Å². The molecule has 0 saturated carbocycles. The Balaban J connectivity index is 1.85. The fourth-order valence-corrected chi connectivity index (χ4v) is 3.36. The molecule has 0 unspecified atom stereocenters. The van der Waals surface area contributed by atoms with Crippen LogP contribution >= 0.6 is 0 Å². The summed E-state index contributed by atoms with van der Waals surface area (Å²) in [5.41, 5.74) is 2.29. The lowest BCUT2D eigenvalue weighted by Crippen LogP contribution is -2.41. The van der Waals surface area contributed by atoms with Crippen molar-refractivity contribution in [2.75, 3.05) is 11.9 Å². The predicted octanol–water partition coefficient (Wildman–Crippen LogP) is 3.18. The van der Waals surface area contributed by atoms with Gasteiger partial charge in [0.15, 0.2) is 0 Å². The number of aliphatic carboxylic acids is 1. The van der Waals surface area contributed by atoms with Crippen LogP contribution in [0.2, 0.25) is 0 Å². The number of nitrogens with one attached hydrogen (secondary N) is 1. The van der Waals surface area contributed by atoms with Crippen molar-refractivity contribution < 1.29 is 19.4 Å². The van der Waals surface area contributed by atoms with Crippen LogP contribution in [0.1, 0.15) is 48.0 Å². The van der Waals surface area contributed by atoms with E-state index >= 15 is 0 Å². The summed E-state index contributed by atoms with van der Waals surface area (Å²) < 4.78 is 5.26. The van der Waals surface area contributed by atoms with E-state index in [0.717, 1.165) is 30.5 Å². The maximum absolute atomic E-state index is 12.1. The number of unbranched alkanes of at least 4 members (excludes halogenated alkanes) is 1. The Morgan fingerprint density at radius 1 is 1.39 bits per heavy atom. The largest absolute Gasteiger partial charge is 0.480 e. The number of esters is 1. The minimum atomic E-state index is -0.836. The number of carbonyl (C=O) groups excluding carboxylic acids is 1. The van der Waals surface area contributed by atoms with E-state index in [1.54, 1.807) is 12.1 Å². The van der Waals surface area contributed by atoms with E-state index in [2.05, 4.69) is 5.32 Å². The Bertz CT molecular complexity index is 652. The summed E-state index contributed by atoms with van der Waals surface area (Å²) >= 11 is 0. The maximum atomic E-state index is 12.1. The van der Waals surface area contributed by atoms with Crippen LogP contribution in [0.4, 0.5) is 5.69 Å². The highest BCUT2D eigenvalue weighted by Crippen LogP contribution is 2.44. The Morgan fingerprint density at radius 2 is 2.22 bits per heavy atom. The number of rotatable bonds is 5. The minimum absolute atomic E-state index is 0.00800. The van der Waals surface area contributed by atoms with Crippen LogP contribution in [-0.4, -0.2) is 29.7 Å². The second-order valence-corrected chi connectivity index (χ2v) is 6.11. The normalized spacial score (nSPS) is 24.5. The molecule has 1 aromatic carbocycles. The number of carbonyl (C=O) groups is 2. The first kappa shape index (κ1) is 15.6. The first-order chi connectivity index (χ1) is 11.1. The van der Waals surface area contributed by atoms with Gasteiger partial charge in [0.2, 0.25) is 0 Å². The lowest BCUT2D eigenvalue weighted by Gasteiger charge is -2.34. The van der Waals surface area contributed by atoms with E-state index in [1.807, 2.05) is 25.1 Å². The molecule has 0 aromatic heterocycles. The third-order valence-corrected chi connectivity index (χ3v) is 4.60. The van der Waals surface area contributed by atoms with Gasteiger partial charge in [0.25, 0.3) is 0 Å². The molecule has 3 rings (SSSR count). The Hall–Kier alpha value is -2.30. The SMILES string of the molecule is CCCCOC(=O)c1ccc2c(c1)[C@@H]1C=CC[C@H]1[C@H](C(=O)O)N2. The molecular weight excluding hydrogens is 294 g/mol. The number of fused-ring (bicyclic) bond motifs is 3. The Kier molecular flexibility index (Phi) is 4.37. The summed E-state index contributed by atoms with van der Waals surface area (Å²) in [6.45, 7) is 2.47. The van der Waals surface area contributed by atoms with Crippen LogP contribution in [0.15, 0.2) is 30.4 Å². The minimum Gasteiger partial charge on any atom is -0.480 e. The van der Waals surface area contributed by atoms with Crippen molar-refractivity contribution in [1.29, 1.82) is 0 Å². The van der Waals surface area contributed by atoms with E-state index in [4.69, 9.17) is 4.74 Å².